The van der Waals surface area contributed by atoms with Crippen LogP contribution in [0.15, 0.2) is 52.1 Å². The van der Waals surface area contributed by atoms with Gasteiger partial charge in [-0.25, -0.2) is 14.2 Å². The maximum atomic E-state index is 13.1. The molecule has 0 aliphatic heterocycles. The largest absolute Gasteiger partial charge is 0.477 e. The first kappa shape index (κ1) is 17.6. The molecule has 0 spiro atoms. The summed E-state index contributed by atoms with van der Waals surface area (Å²) in [5.74, 6) is -1.22. The number of aromatic carboxylic acids is 1. The molecule has 142 valence electrons. The van der Waals surface area contributed by atoms with Crippen LogP contribution in [0.2, 0.25) is 0 Å². The molecular weight excluding hydrogens is 360 g/mol. The molecule has 0 atom stereocenters. The van der Waals surface area contributed by atoms with Gasteiger partial charge in [0.2, 0.25) is 0 Å². The van der Waals surface area contributed by atoms with Crippen molar-refractivity contribution in [1.29, 1.82) is 0 Å². The van der Waals surface area contributed by atoms with Gasteiger partial charge in [-0.3, -0.25) is 4.79 Å². The Morgan fingerprint density at radius 1 is 1.07 bits per heavy atom. The number of aromatic nitrogens is 3. The first-order valence-electron chi connectivity index (χ1n) is 8.58. The van der Waals surface area contributed by atoms with E-state index in [2.05, 4.69) is 4.98 Å². The minimum absolute atomic E-state index is 0.0608. The van der Waals surface area contributed by atoms with Crippen molar-refractivity contribution < 1.29 is 9.90 Å². The Balaban J connectivity index is 2.23. The zero-order valence-electron chi connectivity index (χ0n) is 15.6. The van der Waals surface area contributed by atoms with Crippen LogP contribution in [0.25, 0.3) is 27.5 Å². The van der Waals surface area contributed by atoms with Gasteiger partial charge in [0.15, 0.2) is 5.69 Å². The number of hydrogen-bond donors (Lipinski definition) is 2. The second kappa shape index (κ2) is 6.12. The van der Waals surface area contributed by atoms with E-state index in [9.17, 15) is 19.5 Å². The number of nitrogens with one attached hydrogen (secondary N) is 1. The third-order valence-electron chi connectivity index (χ3n) is 4.90. The van der Waals surface area contributed by atoms with Crippen LogP contribution in [0, 0.1) is 0 Å². The predicted octanol–water partition coefficient (Wildman–Crippen LogP) is 1.93. The van der Waals surface area contributed by atoms with Crippen LogP contribution in [-0.4, -0.2) is 39.3 Å². The van der Waals surface area contributed by atoms with Crippen molar-refractivity contribution >= 4 is 33.5 Å². The van der Waals surface area contributed by atoms with Gasteiger partial charge < -0.3 is 19.6 Å². The maximum absolute atomic E-state index is 13.1. The first-order chi connectivity index (χ1) is 13.3. The van der Waals surface area contributed by atoms with E-state index in [4.69, 9.17) is 0 Å². The molecule has 8 heteroatoms. The summed E-state index contributed by atoms with van der Waals surface area (Å²) >= 11 is 0. The summed E-state index contributed by atoms with van der Waals surface area (Å²) in [5.41, 5.74) is 0.511. The van der Waals surface area contributed by atoms with Crippen LogP contribution in [0.1, 0.15) is 10.5 Å². The van der Waals surface area contributed by atoms with Crippen LogP contribution in [0.5, 0.6) is 0 Å². The Kier molecular flexibility index (Phi) is 3.85. The summed E-state index contributed by atoms with van der Waals surface area (Å²) in [4.78, 5) is 42.5. The summed E-state index contributed by atoms with van der Waals surface area (Å²) in [5, 5.41) is 10.6. The lowest BCUT2D eigenvalue weighted by Gasteiger charge is -2.13. The highest BCUT2D eigenvalue weighted by Gasteiger charge is 2.25. The van der Waals surface area contributed by atoms with E-state index in [0.29, 0.717) is 21.8 Å². The second-order valence-electron chi connectivity index (χ2n) is 6.77. The van der Waals surface area contributed by atoms with Crippen molar-refractivity contribution in [3.63, 3.8) is 0 Å². The number of rotatable bonds is 3. The lowest BCUT2D eigenvalue weighted by Crippen LogP contribution is -2.34. The molecule has 4 rings (SSSR count). The van der Waals surface area contributed by atoms with Crippen LogP contribution in [0.3, 0.4) is 0 Å². The van der Waals surface area contributed by atoms with Gasteiger partial charge in [0.25, 0.3) is 5.56 Å². The topological polar surface area (TPSA) is 100 Å². The SMILES string of the molecule is CN(C)c1ccc2c(c1)c(-n1c(=O)[nH]c3ccccc3c1=O)c(C(=O)O)n2C. The highest BCUT2D eigenvalue weighted by molar-refractivity contribution is 6.04. The average molecular weight is 378 g/mol. The number of H-pyrrole nitrogens is 1. The summed E-state index contributed by atoms with van der Waals surface area (Å²) < 4.78 is 2.39. The number of carboxylic acid groups (broad SMARTS) is 1. The molecule has 8 nitrogen and oxygen atoms in total. The molecule has 0 unspecified atom stereocenters. The first-order valence-corrected chi connectivity index (χ1v) is 8.58. The van der Waals surface area contributed by atoms with Gasteiger partial charge in [0.1, 0.15) is 0 Å². The van der Waals surface area contributed by atoms with Crippen molar-refractivity contribution in [2.45, 2.75) is 0 Å². The lowest BCUT2D eigenvalue weighted by atomic mass is 10.1. The summed E-state index contributed by atoms with van der Waals surface area (Å²) in [7, 11) is 5.32. The van der Waals surface area contributed by atoms with Gasteiger partial charge >= 0.3 is 11.7 Å². The van der Waals surface area contributed by atoms with Crippen LogP contribution in [0.4, 0.5) is 5.69 Å². The number of para-hydroxylation sites is 1. The highest BCUT2D eigenvalue weighted by atomic mass is 16.4. The molecule has 0 radical (unpaired) electrons. The van der Waals surface area contributed by atoms with Crippen molar-refractivity contribution in [1.82, 2.24) is 14.1 Å². The number of aromatic amines is 1. The van der Waals surface area contributed by atoms with Gasteiger partial charge in [-0.2, -0.15) is 0 Å². The molecule has 0 amide bonds. The van der Waals surface area contributed by atoms with E-state index < -0.39 is 17.2 Å². The zero-order valence-corrected chi connectivity index (χ0v) is 15.6. The predicted molar refractivity (Wildman–Crippen MR) is 108 cm³/mol. The molecule has 4 aromatic rings. The van der Waals surface area contributed by atoms with Crippen LogP contribution in [-0.2, 0) is 7.05 Å². The monoisotopic (exact) mass is 378 g/mol. The molecule has 0 saturated heterocycles. The van der Waals surface area contributed by atoms with E-state index in [1.165, 1.54) is 4.57 Å². The number of carbonyl (C=O) groups is 1. The maximum Gasteiger partial charge on any atom is 0.354 e. The molecule has 2 aromatic carbocycles. The van der Waals surface area contributed by atoms with E-state index in [1.807, 2.05) is 25.1 Å². The fourth-order valence-electron chi connectivity index (χ4n) is 3.53. The summed E-state index contributed by atoms with van der Waals surface area (Å²) in [6, 6.07) is 12.0. The molecule has 0 aliphatic carbocycles. The van der Waals surface area contributed by atoms with Gasteiger partial charge in [-0.1, -0.05) is 12.1 Å². The van der Waals surface area contributed by atoms with E-state index in [-0.39, 0.29) is 11.4 Å². The molecule has 2 aromatic heterocycles. The molecule has 28 heavy (non-hydrogen) atoms. The Bertz CT molecular complexity index is 1370. The minimum Gasteiger partial charge on any atom is -0.477 e. The number of hydrogen-bond acceptors (Lipinski definition) is 4. The van der Waals surface area contributed by atoms with Crippen molar-refractivity contribution in [3.8, 4) is 5.69 Å². The molecular formula is C20H18N4O4. The van der Waals surface area contributed by atoms with Crippen LogP contribution < -0.4 is 16.1 Å². The smallest absolute Gasteiger partial charge is 0.354 e. The highest BCUT2D eigenvalue weighted by Crippen LogP contribution is 2.31. The standard InChI is InChI=1S/C20H18N4O4/c1-22(2)11-8-9-15-13(10-11)16(17(19(26)27)23(15)3)24-18(25)12-6-4-5-7-14(12)21-20(24)28/h4-10H,1-3H3,(H,21,28)(H,26,27). The van der Waals surface area contributed by atoms with Gasteiger partial charge in [-0.15, -0.1) is 0 Å². The van der Waals surface area contributed by atoms with E-state index in [1.54, 1.807) is 43.4 Å². The molecule has 0 saturated carbocycles. The molecule has 0 fully saturated rings. The average Bonchev–Trinajstić information content (AvgIpc) is 2.94. The number of nitrogens with zero attached hydrogens (tertiary/aromatic N) is 3. The molecule has 0 bridgehead atoms. The van der Waals surface area contributed by atoms with Gasteiger partial charge in [0.05, 0.1) is 22.1 Å². The molecule has 2 N–H and O–H groups in total. The Morgan fingerprint density at radius 3 is 2.46 bits per heavy atom. The van der Waals surface area contributed by atoms with Crippen molar-refractivity contribution in [2.75, 3.05) is 19.0 Å². The number of fused-ring (bicyclic) bond motifs is 2. The lowest BCUT2D eigenvalue weighted by molar-refractivity contribution is 0.0687. The van der Waals surface area contributed by atoms with Crippen molar-refractivity contribution in [2.24, 2.45) is 7.05 Å². The fraction of sp³-hybridized carbons (Fsp3) is 0.150. The van der Waals surface area contributed by atoms with E-state index in [0.717, 1.165) is 10.3 Å². The van der Waals surface area contributed by atoms with Crippen molar-refractivity contribution in [3.05, 3.63) is 69.0 Å². The minimum atomic E-state index is -1.22. The number of benzene rings is 2. The third-order valence-corrected chi connectivity index (χ3v) is 4.90. The second-order valence-corrected chi connectivity index (χ2v) is 6.77. The summed E-state index contributed by atoms with van der Waals surface area (Å²) in [6.45, 7) is 0. The molecule has 2 heterocycles. The Hall–Kier alpha value is -3.81. The fourth-order valence-corrected chi connectivity index (χ4v) is 3.53. The third kappa shape index (κ3) is 2.42. The number of carboxylic acids is 1. The van der Waals surface area contributed by atoms with Crippen LogP contribution >= 0.6 is 0 Å². The molecule has 0 aliphatic rings. The Morgan fingerprint density at radius 2 is 1.79 bits per heavy atom. The number of anilines is 1. The normalized spacial score (nSPS) is 11.2. The van der Waals surface area contributed by atoms with Gasteiger partial charge in [0, 0.05) is 32.2 Å². The van der Waals surface area contributed by atoms with E-state index >= 15 is 0 Å². The zero-order chi connectivity index (χ0) is 20.2. The van der Waals surface area contributed by atoms with Gasteiger partial charge in [-0.05, 0) is 30.3 Å². The summed E-state index contributed by atoms with van der Waals surface area (Å²) in [6.07, 6.45) is 0. The quantitative estimate of drug-likeness (QED) is 0.567. The number of aryl methyl sites for hydroxylation is 1. The Labute approximate surface area is 158 Å².